The topological polar surface area (TPSA) is 102 Å². The monoisotopic (exact) mass is 806 g/mol. The van der Waals surface area contributed by atoms with E-state index in [1.165, 1.54) is 38.5 Å². The number of fused-ring (bicyclic) bond motifs is 2. The summed E-state index contributed by atoms with van der Waals surface area (Å²) in [7, 11) is 0. The SMILES string of the molecule is CCCCCC(CCCCC)CC(=O)OCC1(C)CC2(CO)CC(C)(COC(=O)CCCN(CC)CC)CC(COC(=O)CC(CCCCC)CCCCC)(C1)C2. The molecule has 0 amide bonds. The van der Waals surface area contributed by atoms with Crippen molar-refractivity contribution in [3.8, 4) is 0 Å². The number of carbonyl (C=O) groups excluding carboxylic acids is 3. The van der Waals surface area contributed by atoms with Crippen LogP contribution in [0.1, 0.15) is 216 Å². The Hall–Kier alpha value is -1.67. The zero-order valence-corrected chi connectivity index (χ0v) is 38.6. The largest absolute Gasteiger partial charge is 0.465 e. The van der Waals surface area contributed by atoms with Crippen LogP contribution in [0.25, 0.3) is 0 Å². The molecule has 2 saturated carbocycles. The first-order valence-electron chi connectivity index (χ1n) is 24.1. The molecule has 0 spiro atoms. The van der Waals surface area contributed by atoms with Crippen LogP contribution in [-0.2, 0) is 28.6 Å². The highest BCUT2D eigenvalue weighted by Gasteiger charge is 2.61. The molecule has 0 aromatic heterocycles. The summed E-state index contributed by atoms with van der Waals surface area (Å²) in [6, 6.07) is 0. The van der Waals surface area contributed by atoms with Crippen molar-refractivity contribution in [2.24, 2.45) is 33.5 Å². The first-order valence-corrected chi connectivity index (χ1v) is 24.1. The van der Waals surface area contributed by atoms with Crippen LogP contribution in [0.4, 0.5) is 0 Å². The van der Waals surface area contributed by atoms with Gasteiger partial charge in [0.15, 0.2) is 0 Å². The van der Waals surface area contributed by atoms with Crippen LogP contribution in [0, 0.1) is 33.5 Å². The van der Waals surface area contributed by atoms with Crippen LogP contribution in [0.15, 0.2) is 0 Å². The third-order valence-corrected chi connectivity index (χ3v) is 13.5. The first-order chi connectivity index (χ1) is 27.3. The van der Waals surface area contributed by atoms with Crippen molar-refractivity contribution in [1.82, 2.24) is 4.90 Å². The summed E-state index contributed by atoms with van der Waals surface area (Å²) in [5.74, 6) is 0.288. The summed E-state index contributed by atoms with van der Waals surface area (Å²) in [5.41, 5.74) is -1.65. The Labute approximate surface area is 351 Å². The van der Waals surface area contributed by atoms with E-state index < -0.39 is 10.8 Å². The molecule has 4 unspecified atom stereocenters. The number of unbranched alkanes of at least 4 members (excludes halogenated alkanes) is 8. The number of hydrogen-bond acceptors (Lipinski definition) is 8. The Morgan fingerprint density at radius 2 is 0.912 bits per heavy atom. The lowest BCUT2D eigenvalue weighted by Gasteiger charge is -2.62. The molecule has 2 fully saturated rings. The minimum absolute atomic E-state index is 0.00645. The van der Waals surface area contributed by atoms with Crippen molar-refractivity contribution >= 4 is 17.9 Å². The van der Waals surface area contributed by atoms with E-state index >= 15 is 0 Å². The fourth-order valence-corrected chi connectivity index (χ4v) is 11.3. The van der Waals surface area contributed by atoms with Gasteiger partial charge >= 0.3 is 17.9 Å². The molecule has 1 N–H and O–H groups in total. The third kappa shape index (κ3) is 19.5. The van der Waals surface area contributed by atoms with Gasteiger partial charge < -0.3 is 24.2 Å². The summed E-state index contributed by atoms with van der Waals surface area (Å²) in [6.45, 7) is 21.2. The number of rotatable bonds is 33. The van der Waals surface area contributed by atoms with Crippen molar-refractivity contribution in [2.75, 3.05) is 46.1 Å². The van der Waals surface area contributed by atoms with E-state index in [1.807, 2.05) is 0 Å². The molecule has 0 aromatic rings. The number of esters is 3. The standard InChI is InChI=1S/C49H91NO7/c1-9-15-19-24-41(25-20-16-10-2)30-44(53)56-39-47(8)33-48(37-51)32-46(7,38-55-43(52)28-23-29-50(13-5)14-6)34-49(35-47,36-48)40-57-45(54)31-42(26-21-17-11-3)27-22-18-12-4/h41-42,51H,9-40H2,1-8H3. The van der Waals surface area contributed by atoms with Crippen LogP contribution in [-0.4, -0.2) is 74.0 Å². The van der Waals surface area contributed by atoms with Gasteiger partial charge in [-0.2, -0.15) is 0 Å². The van der Waals surface area contributed by atoms with Gasteiger partial charge in [0.25, 0.3) is 0 Å². The number of hydrogen-bond donors (Lipinski definition) is 1. The van der Waals surface area contributed by atoms with Gasteiger partial charge in [-0.1, -0.05) is 132 Å². The molecule has 0 aliphatic heterocycles. The Morgan fingerprint density at radius 3 is 1.30 bits per heavy atom. The molecule has 4 atom stereocenters. The van der Waals surface area contributed by atoms with Gasteiger partial charge in [-0.3, -0.25) is 14.4 Å². The molecule has 8 heteroatoms. The Bertz CT molecular complexity index is 1100. The van der Waals surface area contributed by atoms with Crippen molar-refractivity contribution in [2.45, 2.75) is 216 Å². The fraction of sp³-hybridized carbons (Fsp3) is 0.939. The maximum absolute atomic E-state index is 13.7. The molecule has 0 radical (unpaired) electrons. The fourth-order valence-electron chi connectivity index (χ4n) is 11.3. The lowest BCUT2D eigenvalue weighted by Crippen LogP contribution is -2.58. The number of carbonyl (C=O) groups is 3. The van der Waals surface area contributed by atoms with Gasteiger partial charge in [0.1, 0.15) is 0 Å². The highest BCUT2D eigenvalue weighted by atomic mass is 16.5. The molecule has 8 nitrogen and oxygen atoms in total. The van der Waals surface area contributed by atoms with Crippen LogP contribution < -0.4 is 0 Å². The van der Waals surface area contributed by atoms with E-state index in [2.05, 4.69) is 60.3 Å². The second-order valence-corrected chi connectivity index (χ2v) is 19.9. The van der Waals surface area contributed by atoms with Gasteiger partial charge in [0.2, 0.25) is 0 Å². The van der Waals surface area contributed by atoms with Crippen LogP contribution >= 0.6 is 0 Å². The molecule has 0 saturated heterocycles. The predicted octanol–water partition coefficient (Wildman–Crippen LogP) is 12.0. The average Bonchev–Trinajstić information content (AvgIpc) is 3.17. The second kappa shape index (κ2) is 27.2. The van der Waals surface area contributed by atoms with E-state index in [9.17, 15) is 19.5 Å². The zero-order chi connectivity index (χ0) is 42.2. The van der Waals surface area contributed by atoms with Crippen LogP contribution in [0.3, 0.4) is 0 Å². The van der Waals surface area contributed by atoms with E-state index in [4.69, 9.17) is 14.2 Å². The number of aliphatic hydroxyl groups excluding tert-OH is 1. The van der Waals surface area contributed by atoms with Crippen molar-refractivity contribution in [1.29, 1.82) is 0 Å². The molecular weight excluding hydrogens is 715 g/mol. The van der Waals surface area contributed by atoms with E-state index in [0.29, 0.717) is 50.5 Å². The zero-order valence-electron chi connectivity index (χ0n) is 38.6. The lowest BCUT2D eigenvalue weighted by atomic mass is 9.44. The third-order valence-electron chi connectivity index (χ3n) is 13.5. The van der Waals surface area contributed by atoms with Gasteiger partial charge in [-0.05, 0) is 101 Å². The molecule has 334 valence electrons. The maximum Gasteiger partial charge on any atom is 0.306 e. The van der Waals surface area contributed by atoms with Gasteiger partial charge in [-0.15, -0.1) is 0 Å². The van der Waals surface area contributed by atoms with Gasteiger partial charge in [0, 0.05) is 42.1 Å². The lowest BCUT2D eigenvalue weighted by molar-refractivity contribution is -0.191. The molecule has 2 bridgehead atoms. The highest BCUT2D eigenvalue weighted by molar-refractivity contribution is 5.70. The summed E-state index contributed by atoms with van der Waals surface area (Å²) in [5, 5.41) is 11.2. The highest BCUT2D eigenvalue weighted by Crippen LogP contribution is 2.65. The molecule has 0 aromatic carbocycles. The molecule has 2 aliphatic rings. The summed E-state index contributed by atoms with van der Waals surface area (Å²) < 4.78 is 18.6. The van der Waals surface area contributed by atoms with E-state index in [0.717, 1.165) is 110 Å². The minimum atomic E-state index is -0.459. The Morgan fingerprint density at radius 1 is 0.526 bits per heavy atom. The Balaban J connectivity index is 2.27. The normalized spacial score (nSPS) is 24.6. The van der Waals surface area contributed by atoms with Crippen LogP contribution in [0.2, 0.25) is 0 Å². The summed E-state index contributed by atoms with van der Waals surface area (Å²) in [4.78, 5) is 42.5. The van der Waals surface area contributed by atoms with Gasteiger partial charge in [0.05, 0.1) is 19.8 Å². The van der Waals surface area contributed by atoms with Crippen molar-refractivity contribution in [3.63, 3.8) is 0 Å². The number of nitrogens with zero attached hydrogens (tertiary/aromatic N) is 1. The second-order valence-electron chi connectivity index (χ2n) is 19.9. The quantitative estimate of drug-likeness (QED) is 0.0397. The molecule has 2 aliphatic carbocycles. The first kappa shape index (κ1) is 51.5. The van der Waals surface area contributed by atoms with Crippen molar-refractivity contribution in [3.05, 3.63) is 0 Å². The Kier molecular flexibility index (Phi) is 24.6. The average molecular weight is 806 g/mol. The molecule has 2 rings (SSSR count). The van der Waals surface area contributed by atoms with Crippen molar-refractivity contribution < 1.29 is 33.7 Å². The molecular formula is C49H91NO7. The summed E-state index contributed by atoms with van der Waals surface area (Å²) >= 11 is 0. The number of aliphatic hydroxyl groups is 1. The van der Waals surface area contributed by atoms with E-state index in [1.54, 1.807) is 0 Å². The van der Waals surface area contributed by atoms with Crippen LogP contribution in [0.5, 0.6) is 0 Å². The molecule has 57 heavy (non-hydrogen) atoms. The smallest absolute Gasteiger partial charge is 0.306 e. The summed E-state index contributed by atoms with van der Waals surface area (Å²) in [6.07, 6.45) is 24.0. The number of ether oxygens (including phenoxy) is 3. The minimum Gasteiger partial charge on any atom is -0.465 e. The predicted molar refractivity (Wildman–Crippen MR) is 234 cm³/mol. The van der Waals surface area contributed by atoms with E-state index in [-0.39, 0.29) is 48.6 Å². The van der Waals surface area contributed by atoms with Gasteiger partial charge in [-0.25, -0.2) is 0 Å². The molecule has 0 heterocycles. The maximum atomic E-state index is 13.7.